The minimum Gasteiger partial charge on any atom is -0.494 e. The van der Waals surface area contributed by atoms with Crippen LogP contribution >= 0.6 is 11.6 Å². The standard InChI is InChI=1S/C27H37N7O4S.C15H19ClN4O3S/c1-33-10-12-34(13-11-33)19-6-8-22(23(16-19)38-2)32-26-24-20-15-18(27(35)28-9-4-14-39(3,36)37)5-7-21(20)31-25(24)29-17-30-26;1-24(22,23)6-2-5-17-15(21)9-3-4-11-10(7-9)12-13(16)18-8-19-14(12)20-11/h6,8,16-18H,4-5,7,9-15H2,1-3H3,(H,28,35)(H2,29,30,31,32);8-9H,2-7H2,1H3,(H,17,21)(H,18,19,20). The van der Waals surface area contributed by atoms with Gasteiger partial charge in [0.1, 0.15) is 60.3 Å². The Hall–Kier alpha value is -5.05. The average molecular weight is 927 g/mol. The van der Waals surface area contributed by atoms with Crippen molar-refractivity contribution in [3.8, 4) is 5.75 Å². The average Bonchev–Trinajstić information content (AvgIpc) is 3.83. The summed E-state index contributed by atoms with van der Waals surface area (Å²) in [6.07, 6.45) is 10.3. The van der Waals surface area contributed by atoms with Gasteiger partial charge in [0.15, 0.2) is 0 Å². The normalized spacial score (nSPS) is 18.0. The molecule has 2 atom stereocenters. The Balaban J connectivity index is 0.000000212. The number of nitrogens with one attached hydrogen (secondary N) is 5. The van der Waals surface area contributed by atoms with Gasteiger partial charge in [-0.25, -0.2) is 36.8 Å². The van der Waals surface area contributed by atoms with Gasteiger partial charge in [0.25, 0.3) is 0 Å². The number of likely N-dealkylation sites (N-methyl/N-ethyl adjacent to an activating group) is 1. The third kappa shape index (κ3) is 11.6. The molecule has 0 saturated carbocycles. The summed E-state index contributed by atoms with van der Waals surface area (Å²) in [5.74, 6) is 1.11. The fourth-order valence-corrected chi connectivity index (χ4v) is 10.1. The minimum atomic E-state index is -3.04. The van der Waals surface area contributed by atoms with Crippen molar-refractivity contribution in [2.75, 3.05) is 87.7 Å². The lowest BCUT2D eigenvalue weighted by Gasteiger charge is -2.34. The Bertz CT molecular complexity index is 2680. The second kappa shape index (κ2) is 19.8. The van der Waals surface area contributed by atoms with Gasteiger partial charge in [0.05, 0.1) is 35.1 Å². The topological polar surface area (TPSA) is 237 Å². The maximum absolute atomic E-state index is 12.9. The summed E-state index contributed by atoms with van der Waals surface area (Å²) < 4.78 is 50.7. The summed E-state index contributed by atoms with van der Waals surface area (Å²) in [6, 6.07) is 6.18. The monoisotopic (exact) mass is 925 g/mol. The summed E-state index contributed by atoms with van der Waals surface area (Å²) in [5.41, 5.74) is 7.57. The lowest BCUT2D eigenvalue weighted by molar-refractivity contribution is -0.126. The van der Waals surface area contributed by atoms with E-state index >= 15 is 0 Å². The van der Waals surface area contributed by atoms with Crippen LogP contribution in [0.2, 0.25) is 5.15 Å². The number of sulfone groups is 2. The first-order valence-corrected chi connectivity index (χ1v) is 25.7. The van der Waals surface area contributed by atoms with Gasteiger partial charge < -0.3 is 40.5 Å². The highest BCUT2D eigenvalue weighted by Crippen LogP contribution is 2.38. The third-order valence-corrected chi connectivity index (χ3v) is 14.3. The van der Waals surface area contributed by atoms with E-state index in [0.29, 0.717) is 55.4 Å². The molecule has 3 aliphatic rings. The number of carbonyl (C=O) groups is 2. The van der Waals surface area contributed by atoms with Crippen LogP contribution in [0.25, 0.3) is 22.1 Å². The number of amides is 2. The van der Waals surface area contributed by atoms with Gasteiger partial charge >= 0.3 is 0 Å². The van der Waals surface area contributed by atoms with E-state index in [9.17, 15) is 26.4 Å². The molecule has 0 bridgehead atoms. The summed E-state index contributed by atoms with van der Waals surface area (Å²) in [4.78, 5) is 53.8. The molecule has 1 saturated heterocycles. The number of benzene rings is 1. The molecule has 340 valence electrons. The molecule has 2 unspecified atom stereocenters. The van der Waals surface area contributed by atoms with E-state index in [1.807, 2.05) is 6.07 Å². The first kappa shape index (κ1) is 46.0. The van der Waals surface area contributed by atoms with Crippen LogP contribution in [0.3, 0.4) is 0 Å². The molecule has 8 rings (SSSR count). The second-order valence-electron chi connectivity index (χ2n) is 16.7. The Kier molecular flexibility index (Phi) is 14.4. The molecule has 0 radical (unpaired) electrons. The Morgan fingerprint density at radius 1 is 0.794 bits per heavy atom. The number of H-pyrrole nitrogens is 2. The Morgan fingerprint density at radius 2 is 1.33 bits per heavy atom. The molecule has 1 aliphatic heterocycles. The maximum Gasteiger partial charge on any atom is 0.223 e. The largest absolute Gasteiger partial charge is 0.494 e. The molecular weight excluding hydrogens is 870 g/mol. The Morgan fingerprint density at radius 3 is 1.89 bits per heavy atom. The van der Waals surface area contributed by atoms with Crippen LogP contribution in [0, 0.1) is 11.8 Å². The molecule has 18 nitrogen and oxygen atoms in total. The lowest BCUT2D eigenvalue weighted by atomic mass is 9.86. The lowest BCUT2D eigenvalue weighted by Crippen LogP contribution is -2.44. The van der Waals surface area contributed by atoms with E-state index in [1.165, 1.54) is 25.2 Å². The first-order valence-electron chi connectivity index (χ1n) is 21.2. The number of aromatic nitrogens is 6. The Labute approximate surface area is 372 Å². The molecule has 21 heteroatoms. The van der Waals surface area contributed by atoms with Gasteiger partial charge in [-0.2, -0.15) is 0 Å². The molecule has 5 aromatic rings. The zero-order chi connectivity index (χ0) is 44.9. The molecule has 1 fully saturated rings. The molecule has 2 amide bonds. The molecule has 63 heavy (non-hydrogen) atoms. The van der Waals surface area contributed by atoms with E-state index in [0.717, 1.165) is 108 Å². The number of carbonyl (C=O) groups excluding carboxylic acids is 2. The van der Waals surface area contributed by atoms with Crippen molar-refractivity contribution in [2.24, 2.45) is 11.8 Å². The molecule has 5 N–H and O–H groups in total. The number of aryl methyl sites for hydroxylation is 2. The van der Waals surface area contributed by atoms with Crippen LogP contribution in [-0.2, 0) is 54.9 Å². The predicted octanol–water partition coefficient (Wildman–Crippen LogP) is 3.38. The second-order valence-corrected chi connectivity index (χ2v) is 21.6. The van der Waals surface area contributed by atoms with Crippen molar-refractivity contribution in [3.05, 3.63) is 58.5 Å². The van der Waals surface area contributed by atoms with E-state index in [-0.39, 0.29) is 35.2 Å². The van der Waals surface area contributed by atoms with Crippen molar-refractivity contribution in [1.29, 1.82) is 0 Å². The van der Waals surface area contributed by atoms with E-state index < -0.39 is 19.7 Å². The van der Waals surface area contributed by atoms with Gasteiger partial charge in [-0.15, -0.1) is 0 Å². The number of methoxy groups -OCH3 is 1. The van der Waals surface area contributed by atoms with Crippen LogP contribution < -0.4 is 25.6 Å². The van der Waals surface area contributed by atoms with Gasteiger partial charge in [0.2, 0.25) is 11.8 Å². The van der Waals surface area contributed by atoms with E-state index in [4.69, 9.17) is 16.3 Å². The number of nitrogens with zero attached hydrogens (tertiary/aromatic N) is 6. The number of ether oxygens (including phenoxy) is 1. The fraction of sp³-hybridized carbons (Fsp3) is 0.524. The zero-order valence-electron chi connectivity index (χ0n) is 36.1. The SMILES string of the molecule is COc1cc(N2CCN(C)CC2)ccc1Nc1ncnc2[nH]c3c(c12)CC(C(=O)NCCCS(C)(=O)=O)CC3.CS(=O)(=O)CCCNC(=O)C1CCc2[nH]c3ncnc(Cl)c3c2C1. The van der Waals surface area contributed by atoms with E-state index in [1.54, 1.807) is 7.11 Å². The van der Waals surface area contributed by atoms with Gasteiger partial charge in [-0.05, 0) is 81.7 Å². The summed E-state index contributed by atoms with van der Waals surface area (Å²) >= 11 is 6.18. The van der Waals surface area contributed by atoms with Crippen molar-refractivity contribution >= 4 is 82.3 Å². The minimum absolute atomic E-state index is 0.0449. The molecule has 4 aromatic heterocycles. The van der Waals surface area contributed by atoms with Crippen LogP contribution in [0.1, 0.15) is 48.2 Å². The number of halogens is 1. The van der Waals surface area contributed by atoms with Crippen molar-refractivity contribution in [1.82, 2.24) is 45.4 Å². The highest BCUT2D eigenvalue weighted by Gasteiger charge is 2.30. The van der Waals surface area contributed by atoms with Crippen molar-refractivity contribution in [3.63, 3.8) is 0 Å². The van der Waals surface area contributed by atoms with Crippen LogP contribution in [0.4, 0.5) is 17.2 Å². The first-order chi connectivity index (χ1) is 30.1. The third-order valence-electron chi connectivity index (χ3n) is 11.9. The highest BCUT2D eigenvalue weighted by atomic mass is 35.5. The molecule has 1 aromatic carbocycles. The highest BCUT2D eigenvalue weighted by molar-refractivity contribution is 7.90. The molecular formula is C42H56ClN11O7S2. The fourth-order valence-electron chi connectivity index (χ4n) is 8.54. The van der Waals surface area contributed by atoms with Gasteiger partial charge in [0, 0.05) is 86.8 Å². The number of piperazine rings is 1. The van der Waals surface area contributed by atoms with Crippen molar-refractivity contribution < 1.29 is 31.2 Å². The summed E-state index contributed by atoms with van der Waals surface area (Å²) in [5, 5.41) is 11.3. The number of hydrogen-bond donors (Lipinski definition) is 5. The smallest absolute Gasteiger partial charge is 0.223 e. The number of hydrogen-bond acceptors (Lipinski definition) is 14. The molecule has 2 aliphatic carbocycles. The van der Waals surface area contributed by atoms with Gasteiger partial charge in [-0.1, -0.05) is 11.6 Å². The van der Waals surface area contributed by atoms with Crippen molar-refractivity contribution in [2.45, 2.75) is 51.4 Å². The number of anilines is 3. The number of fused-ring (bicyclic) bond motifs is 6. The number of aromatic amines is 2. The van der Waals surface area contributed by atoms with Crippen LogP contribution in [0.5, 0.6) is 5.75 Å². The van der Waals surface area contributed by atoms with Crippen LogP contribution in [-0.4, -0.2) is 141 Å². The van der Waals surface area contributed by atoms with Crippen LogP contribution in [0.15, 0.2) is 30.9 Å². The molecule has 0 spiro atoms. The summed E-state index contributed by atoms with van der Waals surface area (Å²) in [7, 11) is -2.22. The summed E-state index contributed by atoms with van der Waals surface area (Å²) in [6.45, 7) is 4.72. The predicted molar refractivity (Wildman–Crippen MR) is 244 cm³/mol. The zero-order valence-corrected chi connectivity index (χ0v) is 38.5. The quantitative estimate of drug-likeness (QED) is 0.0794. The number of rotatable bonds is 14. The van der Waals surface area contributed by atoms with E-state index in [2.05, 4.69) is 74.8 Å². The van der Waals surface area contributed by atoms with Gasteiger partial charge in [-0.3, -0.25) is 9.59 Å². The maximum atomic E-state index is 12.9. The molecule has 5 heterocycles.